The van der Waals surface area contributed by atoms with Crippen LogP contribution >= 0.6 is 0 Å². The number of halogens is 1. The van der Waals surface area contributed by atoms with Crippen molar-refractivity contribution in [3.63, 3.8) is 0 Å². The number of aliphatic hydroxyl groups excluding tert-OH is 1. The number of amides is 2. The molecular formula is C24H24FN5O3. The fraction of sp³-hybridized carbons (Fsp3) is 0.208. The number of aromatic nitrogens is 3. The van der Waals surface area contributed by atoms with Crippen molar-refractivity contribution in [1.82, 2.24) is 20.1 Å². The van der Waals surface area contributed by atoms with Crippen LogP contribution in [0.15, 0.2) is 66.9 Å². The summed E-state index contributed by atoms with van der Waals surface area (Å²) in [5.41, 5.74) is 2.83. The maximum absolute atomic E-state index is 13.4. The van der Waals surface area contributed by atoms with Crippen LogP contribution in [0, 0.1) is 5.82 Å². The molecule has 0 spiro atoms. The van der Waals surface area contributed by atoms with Crippen LogP contribution < -0.4 is 10.6 Å². The summed E-state index contributed by atoms with van der Waals surface area (Å²) in [7, 11) is 0. The maximum Gasteiger partial charge on any atom is 0.320 e. The Morgan fingerprint density at radius 2 is 1.94 bits per heavy atom. The molecular weight excluding hydrogens is 425 g/mol. The van der Waals surface area contributed by atoms with Gasteiger partial charge in [-0.25, -0.2) is 18.9 Å². The van der Waals surface area contributed by atoms with Crippen LogP contribution in [0.2, 0.25) is 0 Å². The Kier molecular flexibility index (Phi) is 6.92. The third-order valence-corrected chi connectivity index (χ3v) is 5.05. The molecule has 1 atom stereocenters. The third kappa shape index (κ3) is 5.33. The summed E-state index contributed by atoms with van der Waals surface area (Å²) in [5, 5.41) is 19.9. The molecule has 2 heterocycles. The number of hydrogen-bond acceptors (Lipinski definition) is 5. The van der Waals surface area contributed by atoms with E-state index in [1.165, 1.54) is 12.1 Å². The lowest BCUT2D eigenvalue weighted by Crippen LogP contribution is -2.31. The van der Waals surface area contributed by atoms with E-state index in [0.717, 1.165) is 10.9 Å². The van der Waals surface area contributed by atoms with Gasteiger partial charge in [0, 0.05) is 5.39 Å². The van der Waals surface area contributed by atoms with Crippen molar-refractivity contribution in [2.45, 2.75) is 19.6 Å². The molecule has 1 unspecified atom stereocenters. The van der Waals surface area contributed by atoms with Gasteiger partial charge in [0.2, 0.25) is 0 Å². The van der Waals surface area contributed by atoms with Crippen LogP contribution in [0.1, 0.15) is 24.2 Å². The highest BCUT2D eigenvalue weighted by Gasteiger charge is 2.16. The molecule has 3 N–H and O–H groups in total. The van der Waals surface area contributed by atoms with Gasteiger partial charge >= 0.3 is 6.03 Å². The number of benzene rings is 2. The standard InChI is InChI=1S/C24H24FN5O3/c1-16(17-5-3-2-4-6-17)27-24(32)29-22-13-18-14-26-30(20-9-7-19(25)8-10-20)23(18)21(28-22)15-33-12-11-31/h2-10,13-14,16,31H,11-12,15H2,1H3,(H2,27,28,29,32). The summed E-state index contributed by atoms with van der Waals surface area (Å²) in [5.74, 6) is -0.0106. The van der Waals surface area contributed by atoms with E-state index in [4.69, 9.17) is 9.84 Å². The van der Waals surface area contributed by atoms with Gasteiger partial charge in [-0.15, -0.1) is 0 Å². The van der Waals surface area contributed by atoms with E-state index in [-0.39, 0.29) is 31.7 Å². The summed E-state index contributed by atoms with van der Waals surface area (Å²) in [6.45, 7) is 2.01. The minimum absolute atomic E-state index is 0.0987. The molecule has 0 bridgehead atoms. The van der Waals surface area contributed by atoms with Gasteiger partial charge < -0.3 is 15.2 Å². The van der Waals surface area contributed by atoms with Crippen LogP contribution in [0.5, 0.6) is 0 Å². The number of fused-ring (bicyclic) bond motifs is 1. The molecule has 9 heteroatoms. The number of pyridine rings is 1. The number of carbonyl (C=O) groups is 1. The van der Waals surface area contributed by atoms with Gasteiger partial charge in [0.05, 0.1) is 49.0 Å². The van der Waals surface area contributed by atoms with Crippen molar-refractivity contribution in [2.24, 2.45) is 0 Å². The summed E-state index contributed by atoms with van der Waals surface area (Å²) < 4.78 is 20.5. The molecule has 0 aliphatic rings. The first-order chi connectivity index (χ1) is 16.0. The molecule has 2 amide bonds. The second-order valence-corrected chi connectivity index (χ2v) is 7.43. The number of aliphatic hydroxyl groups is 1. The summed E-state index contributed by atoms with van der Waals surface area (Å²) >= 11 is 0. The molecule has 33 heavy (non-hydrogen) atoms. The molecule has 2 aromatic carbocycles. The van der Waals surface area contributed by atoms with Crippen molar-refractivity contribution in [2.75, 3.05) is 18.5 Å². The Morgan fingerprint density at radius 3 is 2.67 bits per heavy atom. The number of ether oxygens (including phenoxy) is 1. The first-order valence-corrected chi connectivity index (χ1v) is 10.5. The van der Waals surface area contributed by atoms with E-state index in [9.17, 15) is 9.18 Å². The Morgan fingerprint density at radius 1 is 1.18 bits per heavy atom. The van der Waals surface area contributed by atoms with E-state index in [1.807, 2.05) is 37.3 Å². The number of rotatable bonds is 8. The molecule has 2 aromatic heterocycles. The highest BCUT2D eigenvalue weighted by atomic mass is 19.1. The predicted octanol–water partition coefficient (Wildman–Crippen LogP) is 3.95. The van der Waals surface area contributed by atoms with Gasteiger partial charge in [0.15, 0.2) is 0 Å². The number of nitrogens with zero attached hydrogens (tertiary/aromatic N) is 3. The molecule has 170 valence electrons. The van der Waals surface area contributed by atoms with Crippen LogP contribution in [0.4, 0.5) is 15.0 Å². The number of carbonyl (C=O) groups excluding carboxylic acids is 1. The highest BCUT2D eigenvalue weighted by molar-refractivity contribution is 5.92. The van der Waals surface area contributed by atoms with Crippen molar-refractivity contribution in [3.8, 4) is 5.69 Å². The molecule has 0 aliphatic heterocycles. The van der Waals surface area contributed by atoms with Gasteiger partial charge in [-0.05, 0) is 42.8 Å². The molecule has 0 aliphatic carbocycles. The predicted molar refractivity (Wildman–Crippen MR) is 123 cm³/mol. The normalized spacial score (nSPS) is 12.0. The maximum atomic E-state index is 13.4. The zero-order valence-electron chi connectivity index (χ0n) is 18.0. The quantitative estimate of drug-likeness (QED) is 0.354. The number of anilines is 1. The average molecular weight is 449 g/mol. The minimum atomic E-state index is -0.397. The van der Waals surface area contributed by atoms with Gasteiger partial charge in [-0.3, -0.25) is 5.32 Å². The van der Waals surface area contributed by atoms with Gasteiger partial charge in [-0.1, -0.05) is 30.3 Å². The van der Waals surface area contributed by atoms with Gasteiger partial charge in [0.25, 0.3) is 0 Å². The monoisotopic (exact) mass is 449 g/mol. The second-order valence-electron chi connectivity index (χ2n) is 7.43. The van der Waals surface area contributed by atoms with Crippen molar-refractivity contribution < 1.29 is 19.0 Å². The zero-order chi connectivity index (χ0) is 23.2. The van der Waals surface area contributed by atoms with Crippen molar-refractivity contribution >= 4 is 22.8 Å². The van der Waals surface area contributed by atoms with E-state index in [1.54, 1.807) is 29.1 Å². The first-order valence-electron chi connectivity index (χ1n) is 10.5. The Hall–Kier alpha value is -3.82. The number of urea groups is 1. The van der Waals surface area contributed by atoms with E-state index in [0.29, 0.717) is 22.7 Å². The summed E-state index contributed by atoms with van der Waals surface area (Å²) in [4.78, 5) is 17.1. The van der Waals surface area contributed by atoms with Crippen LogP contribution in [-0.2, 0) is 11.3 Å². The molecule has 0 saturated carbocycles. The van der Waals surface area contributed by atoms with E-state index < -0.39 is 6.03 Å². The van der Waals surface area contributed by atoms with Crippen molar-refractivity contribution in [1.29, 1.82) is 0 Å². The molecule has 8 nitrogen and oxygen atoms in total. The number of hydrogen-bond donors (Lipinski definition) is 3. The van der Waals surface area contributed by atoms with E-state index >= 15 is 0 Å². The summed E-state index contributed by atoms with van der Waals surface area (Å²) in [6, 6.07) is 16.7. The molecule has 0 radical (unpaired) electrons. The smallest absolute Gasteiger partial charge is 0.320 e. The molecule has 4 aromatic rings. The lowest BCUT2D eigenvalue weighted by Gasteiger charge is -2.15. The van der Waals surface area contributed by atoms with Crippen LogP contribution in [-0.4, -0.2) is 39.1 Å². The topological polar surface area (TPSA) is 101 Å². The molecule has 4 rings (SSSR count). The van der Waals surface area contributed by atoms with Gasteiger partial charge in [-0.2, -0.15) is 5.10 Å². The fourth-order valence-electron chi connectivity index (χ4n) is 3.48. The fourth-order valence-corrected chi connectivity index (χ4v) is 3.48. The Labute approximate surface area is 190 Å². The highest BCUT2D eigenvalue weighted by Crippen LogP contribution is 2.25. The van der Waals surface area contributed by atoms with Crippen molar-refractivity contribution in [3.05, 3.63) is 83.9 Å². The Balaban J connectivity index is 1.61. The molecule has 0 fully saturated rings. The first kappa shape index (κ1) is 22.4. The number of nitrogens with one attached hydrogen (secondary N) is 2. The Bertz CT molecular complexity index is 1230. The third-order valence-electron chi connectivity index (χ3n) is 5.05. The van der Waals surface area contributed by atoms with Crippen LogP contribution in [0.3, 0.4) is 0 Å². The SMILES string of the molecule is CC(NC(=O)Nc1cc2cnn(-c3ccc(F)cc3)c2c(COCCO)n1)c1ccccc1. The summed E-state index contributed by atoms with van der Waals surface area (Å²) in [6.07, 6.45) is 1.64. The zero-order valence-corrected chi connectivity index (χ0v) is 18.0. The van der Waals surface area contributed by atoms with E-state index in [2.05, 4.69) is 20.7 Å². The largest absolute Gasteiger partial charge is 0.394 e. The lowest BCUT2D eigenvalue weighted by molar-refractivity contribution is 0.0803. The molecule has 0 saturated heterocycles. The second kappa shape index (κ2) is 10.2. The average Bonchev–Trinajstić information content (AvgIpc) is 3.24. The van der Waals surface area contributed by atoms with Crippen LogP contribution in [0.25, 0.3) is 16.6 Å². The lowest BCUT2D eigenvalue weighted by atomic mass is 10.1. The van der Waals surface area contributed by atoms with Gasteiger partial charge in [0.1, 0.15) is 11.6 Å². The minimum Gasteiger partial charge on any atom is -0.394 e.